The van der Waals surface area contributed by atoms with Gasteiger partial charge in [-0.05, 0) is 58.4 Å². The van der Waals surface area contributed by atoms with Crippen molar-refractivity contribution in [3.8, 4) is 5.75 Å². The minimum Gasteiger partial charge on any atom is -0.488 e. The maximum absolute atomic E-state index is 13.9. The first-order valence-electron chi connectivity index (χ1n) is 8.92. The van der Waals surface area contributed by atoms with Crippen LogP contribution in [0.3, 0.4) is 0 Å². The summed E-state index contributed by atoms with van der Waals surface area (Å²) < 4.78 is 33.8. The molecule has 140 valence electrons. The summed E-state index contributed by atoms with van der Waals surface area (Å²) >= 11 is 0. The summed E-state index contributed by atoms with van der Waals surface area (Å²) in [4.78, 5) is 0. The lowest BCUT2D eigenvalue weighted by atomic mass is 9.78. The van der Waals surface area contributed by atoms with Gasteiger partial charge in [0, 0.05) is 12.5 Å². The highest BCUT2D eigenvalue weighted by Crippen LogP contribution is 2.37. The summed E-state index contributed by atoms with van der Waals surface area (Å²) in [7, 11) is 1.21. The molecule has 2 aromatic rings. The molecule has 0 amide bonds. The van der Waals surface area contributed by atoms with Crippen molar-refractivity contribution in [1.82, 2.24) is 9.78 Å². The average molecular weight is 360 g/mol. The molecule has 26 heavy (non-hydrogen) atoms. The molecule has 1 aliphatic heterocycles. The largest absolute Gasteiger partial charge is 0.498 e. The first-order chi connectivity index (χ1) is 12.1. The minimum atomic E-state index is -0.677. The SMILES string of the molecule is CCc1cc(COc2ccc(F)cc2B2OC(C)(C)C(C)(C)O2)n(C)n1. The van der Waals surface area contributed by atoms with Gasteiger partial charge in [0.1, 0.15) is 18.2 Å². The van der Waals surface area contributed by atoms with E-state index in [1.165, 1.54) is 12.1 Å². The van der Waals surface area contributed by atoms with E-state index in [0.717, 1.165) is 17.8 Å². The van der Waals surface area contributed by atoms with Crippen molar-refractivity contribution in [3.63, 3.8) is 0 Å². The van der Waals surface area contributed by atoms with Gasteiger partial charge in [0.05, 0.1) is 22.6 Å². The van der Waals surface area contributed by atoms with Crippen LogP contribution in [0.4, 0.5) is 4.39 Å². The van der Waals surface area contributed by atoms with Crippen molar-refractivity contribution in [2.75, 3.05) is 0 Å². The van der Waals surface area contributed by atoms with Gasteiger partial charge in [-0.15, -0.1) is 0 Å². The Morgan fingerprint density at radius 3 is 2.38 bits per heavy atom. The van der Waals surface area contributed by atoms with Gasteiger partial charge in [-0.3, -0.25) is 4.68 Å². The molecule has 0 spiro atoms. The predicted molar refractivity (Wildman–Crippen MR) is 99.0 cm³/mol. The van der Waals surface area contributed by atoms with Crippen LogP contribution in [-0.4, -0.2) is 28.1 Å². The maximum Gasteiger partial charge on any atom is 0.498 e. The minimum absolute atomic E-state index is 0.335. The summed E-state index contributed by atoms with van der Waals surface area (Å²) in [5, 5.41) is 4.42. The molecule has 0 N–H and O–H groups in total. The summed E-state index contributed by atoms with van der Waals surface area (Å²) in [6, 6.07) is 6.42. The third kappa shape index (κ3) is 3.51. The molecule has 1 aliphatic rings. The van der Waals surface area contributed by atoms with Crippen LogP contribution in [0, 0.1) is 5.82 Å². The van der Waals surface area contributed by atoms with Crippen molar-refractivity contribution in [3.05, 3.63) is 41.5 Å². The van der Waals surface area contributed by atoms with Crippen molar-refractivity contribution in [2.24, 2.45) is 7.05 Å². The molecule has 1 saturated heterocycles. The van der Waals surface area contributed by atoms with Crippen molar-refractivity contribution in [2.45, 2.75) is 58.8 Å². The number of aryl methyl sites for hydroxylation is 2. The highest BCUT2D eigenvalue weighted by molar-refractivity contribution is 6.63. The van der Waals surface area contributed by atoms with Gasteiger partial charge < -0.3 is 14.0 Å². The summed E-state index contributed by atoms with van der Waals surface area (Å²) in [5.74, 6) is 0.194. The summed E-state index contributed by atoms with van der Waals surface area (Å²) in [5.41, 5.74) is 1.52. The smallest absolute Gasteiger partial charge is 0.488 e. The molecule has 0 radical (unpaired) electrons. The third-order valence-corrected chi connectivity index (χ3v) is 5.24. The molecule has 0 unspecified atom stereocenters. The summed E-state index contributed by atoms with van der Waals surface area (Å²) in [6.07, 6.45) is 0.865. The van der Waals surface area contributed by atoms with E-state index in [1.54, 1.807) is 10.7 Å². The number of hydrogen-bond acceptors (Lipinski definition) is 4. The Morgan fingerprint density at radius 1 is 1.15 bits per heavy atom. The molecule has 0 bridgehead atoms. The zero-order valence-corrected chi connectivity index (χ0v) is 16.3. The zero-order valence-electron chi connectivity index (χ0n) is 16.3. The second-order valence-electron chi connectivity index (χ2n) is 7.66. The Labute approximate surface area is 154 Å². The highest BCUT2D eigenvalue weighted by atomic mass is 19.1. The van der Waals surface area contributed by atoms with Crippen LogP contribution < -0.4 is 10.2 Å². The van der Waals surface area contributed by atoms with Gasteiger partial charge in [0.25, 0.3) is 0 Å². The van der Waals surface area contributed by atoms with Gasteiger partial charge in [0.2, 0.25) is 0 Å². The van der Waals surface area contributed by atoms with Crippen LogP contribution in [0.25, 0.3) is 0 Å². The molecule has 0 atom stereocenters. The van der Waals surface area contributed by atoms with Crippen LogP contribution in [0.1, 0.15) is 46.0 Å². The number of aromatic nitrogens is 2. The Hall–Kier alpha value is -1.86. The van der Waals surface area contributed by atoms with E-state index < -0.39 is 18.3 Å². The van der Waals surface area contributed by atoms with E-state index in [1.807, 2.05) is 40.8 Å². The molecule has 3 rings (SSSR count). The Kier molecular flexibility index (Phi) is 4.88. The topological polar surface area (TPSA) is 45.5 Å². The van der Waals surface area contributed by atoms with E-state index in [4.69, 9.17) is 14.0 Å². The van der Waals surface area contributed by atoms with E-state index >= 15 is 0 Å². The molecular weight excluding hydrogens is 334 g/mol. The standard InChI is InChI=1S/C19H26BFN2O3/c1-7-14-11-15(23(6)22-14)12-24-17-9-8-13(21)10-16(17)20-25-18(2,3)19(4,5)26-20/h8-11H,7,12H2,1-6H3. The average Bonchev–Trinajstić information content (AvgIpc) is 3.02. The molecule has 1 fully saturated rings. The Balaban J connectivity index is 1.84. The van der Waals surface area contributed by atoms with Gasteiger partial charge in [-0.1, -0.05) is 6.92 Å². The molecule has 2 heterocycles. The van der Waals surface area contributed by atoms with Crippen LogP contribution in [0.15, 0.2) is 24.3 Å². The summed E-state index contributed by atoms with van der Waals surface area (Å²) in [6.45, 7) is 10.3. The molecule has 1 aromatic carbocycles. The lowest BCUT2D eigenvalue weighted by Gasteiger charge is -2.32. The number of nitrogens with zero attached hydrogens (tertiary/aromatic N) is 2. The second kappa shape index (κ2) is 6.70. The van der Waals surface area contributed by atoms with Crippen LogP contribution in [0.5, 0.6) is 5.75 Å². The lowest BCUT2D eigenvalue weighted by molar-refractivity contribution is 0.00578. The third-order valence-electron chi connectivity index (χ3n) is 5.24. The van der Waals surface area contributed by atoms with Gasteiger partial charge in [-0.25, -0.2) is 4.39 Å². The van der Waals surface area contributed by atoms with Gasteiger partial charge in [0.15, 0.2) is 0 Å². The monoisotopic (exact) mass is 360 g/mol. The fraction of sp³-hybridized carbons (Fsp3) is 0.526. The van der Waals surface area contributed by atoms with Crippen LogP contribution in [-0.2, 0) is 29.4 Å². The number of halogens is 1. The van der Waals surface area contributed by atoms with Crippen molar-refractivity contribution in [1.29, 1.82) is 0 Å². The number of rotatable bonds is 5. The van der Waals surface area contributed by atoms with E-state index in [2.05, 4.69) is 12.0 Å². The fourth-order valence-electron chi connectivity index (χ4n) is 2.84. The molecule has 1 aromatic heterocycles. The normalized spacial score (nSPS) is 18.3. The molecule has 7 heteroatoms. The van der Waals surface area contributed by atoms with E-state index in [0.29, 0.717) is 17.8 Å². The Morgan fingerprint density at radius 2 is 1.81 bits per heavy atom. The quantitative estimate of drug-likeness (QED) is 0.769. The molecule has 0 aliphatic carbocycles. The van der Waals surface area contributed by atoms with Gasteiger partial charge in [-0.2, -0.15) is 5.10 Å². The van der Waals surface area contributed by atoms with Crippen molar-refractivity contribution < 1.29 is 18.4 Å². The zero-order chi connectivity index (χ0) is 19.1. The van der Waals surface area contributed by atoms with Crippen LogP contribution in [0.2, 0.25) is 0 Å². The highest BCUT2D eigenvalue weighted by Gasteiger charge is 2.52. The van der Waals surface area contributed by atoms with Crippen molar-refractivity contribution >= 4 is 12.6 Å². The first-order valence-corrected chi connectivity index (χ1v) is 8.92. The lowest BCUT2D eigenvalue weighted by Crippen LogP contribution is -2.41. The van der Waals surface area contributed by atoms with Gasteiger partial charge >= 0.3 is 7.12 Å². The molecule has 5 nitrogen and oxygen atoms in total. The van der Waals surface area contributed by atoms with E-state index in [-0.39, 0.29) is 5.82 Å². The molecular formula is C19H26BFN2O3. The number of ether oxygens (including phenoxy) is 1. The Bertz CT molecular complexity index is 788. The fourth-order valence-corrected chi connectivity index (χ4v) is 2.84. The maximum atomic E-state index is 13.9. The number of benzene rings is 1. The second-order valence-corrected chi connectivity index (χ2v) is 7.66. The first kappa shape index (κ1) is 18.9. The van der Waals surface area contributed by atoms with E-state index in [9.17, 15) is 4.39 Å². The van der Waals surface area contributed by atoms with Crippen LogP contribution >= 0.6 is 0 Å². The molecule has 0 saturated carbocycles. The number of hydrogen-bond donors (Lipinski definition) is 0. The predicted octanol–water partition coefficient (Wildman–Crippen LogP) is 3.00.